The number of alkyl halides is 2. The summed E-state index contributed by atoms with van der Waals surface area (Å²) in [5, 5.41) is 32.2. The lowest BCUT2D eigenvalue weighted by atomic mass is 10.1. The second-order valence-electron chi connectivity index (χ2n) is 16.5. The maximum atomic E-state index is 15.4. The van der Waals surface area contributed by atoms with E-state index in [1.807, 2.05) is 0 Å². The van der Waals surface area contributed by atoms with Gasteiger partial charge in [-0.3, -0.25) is 47.0 Å². The molecule has 0 amide bonds. The van der Waals surface area contributed by atoms with Crippen LogP contribution in [0, 0.1) is 0 Å². The number of hydrogen-bond donors (Lipinski definition) is 8. The van der Waals surface area contributed by atoms with Gasteiger partial charge in [0.05, 0.1) is 39.5 Å². The lowest BCUT2D eigenvalue weighted by molar-refractivity contribution is -0.756. The van der Waals surface area contributed by atoms with Gasteiger partial charge in [0.2, 0.25) is 11.5 Å². The van der Waals surface area contributed by atoms with Crippen molar-refractivity contribution in [3.8, 4) is 0 Å². The van der Waals surface area contributed by atoms with Crippen molar-refractivity contribution in [2.45, 2.75) is 73.4 Å². The Morgan fingerprint density at radius 2 is 1.37 bits per heavy atom. The Morgan fingerprint density at radius 1 is 0.776 bits per heavy atom. The molecule has 6 aromatic heterocycles. The second-order valence-corrected chi connectivity index (χ2v) is 23.7. The van der Waals surface area contributed by atoms with Crippen molar-refractivity contribution in [3.05, 3.63) is 46.0 Å². The highest BCUT2D eigenvalue weighted by atomic mass is 32.5. The number of nitrogen functional groups attached to an aromatic ring is 3. The fourth-order valence-electron chi connectivity index (χ4n) is 8.25. The summed E-state index contributed by atoms with van der Waals surface area (Å²) in [6.07, 6.45) is -16.8. The van der Waals surface area contributed by atoms with Crippen molar-refractivity contribution >= 4 is 93.2 Å². The number of anilines is 3. The molecule has 11 N–H and O–H groups in total. The molecular formula is C32H38F2N15O22P4S-3. The number of aliphatic hydroxyl groups is 3. The molecule has 15 unspecified atom stereocenters. The van der Waals surface area contributed by atoms with Crippen LogP contribution in [0.15, 0.2) is 34.9 Å². The number of fused-ring (bicyclic) bond motifs is 3. The molecule has 9 rings (SSSR count). The maximum absolute atomic E-state index is 15.4. The summed E-state index contributed by atoms with van der Waals surface area (Å²) >= 11 is 5.12. The van der Waals surface area contributed by atoms with Crippen LogP contribution in [0.4, 0.5) is 26.5 Å². The normalized spacial score (nSPS) is 30.0. The lowest BCUT2D eigenvalue weighted by Gasteiger charge is -2.36. The zero-order valence-corrected chi connectivity index (χ0v) is 42.4. The third-order valence-corrected chi connectivity index (χ3v) is 17.2. The van der Waals surface area contributed by atoms with Crippen LogP contribution in [0.3, 0.4) is 0 Å². The van der Waals surface area contributed by atoms with Crippen LogP contribution < -0.4 is 52.5 Å². The van der Waals surface area contributed by atoms with Crippen molar-refractivity contribution in [1.29, 1.82) is 0 Å². The number of phosphoric ester groups is 2. The number of aromatic amines is 2. The summed E-state index contributed by atoms with van der Waals surface area (Å²) in [5.74, 6) is -5.19. The first kappa shape index (κ1) is 55.9. The molecule has 3 aliphatic rings. The van der Waals surface area contributed by atoms with Gasteiger partial charge in [-0.15, -0.1) is 0 Å². The Balaban J connectivity index is 0.867. The van der Waals surface area contributed by atoms with Gasteiger partial charge in [-0.05, 0) is 0 Å². The van der Waals surface area contributed by atoms with Crippen LogP contribution in [-0.4, -0.2) is 151 Å². The predicted octanol–water partition coefficient (Wildman–Crippen LogP) is -5.85. The molecule has 3 aliphatic heterocycles. The highest BCUT2D eigenvalue weighted by Gasteiger charge is 2.62. The van der Waals surface area contributed by atoms with E-state index in [2.05, 4.69) is 53.0 Å². The van der Waals surface area contributed by atoms with E-state index in [-0.39, 0.29) is 39.6 Å². The number of nitrogens with zero attached hydrogens (tertiary/aromatic N) is 10. The zero-order valence-electron chi connectivity index (χ0n) is 38.0. The number of aromatic nitrogens is 12. The molecule has 3 saturated heterocycles. The molecule has 0 spiro atoms. The monoisotopic (exact) mass is 1180 g/mol. The number of methoxy groups -OCH3 is 1. The minimum absolute atomic E-state index is 0.00944. The SMILES string of the molecule is COC1C(OP([O-])(=S)OCC2OC(n3cnc4c(=O)[nH]c(N)nc43)C(O)C2O)C(COP(=O)([O-])OP(=O)([O-])OP(=O)([O-])OCC2OC([n+]3cn(C)c4c(=O)[nH]c(N)nc43)C(F)(F)C2O)OC1n1cnc2c(N)ncnc21. The highest BCUT2D eigenvalue weighted by molar-refractivity contribution is 8.06. The summed E-state index contributed by atoms with van der Waals surface area (Å²) in [4.78, 5) is 105. The Morgan fingerprint density at radius 3 is 2.04 bits per heavy atom. The first-order chi connectivity index (χ1) is 35.5. The number of imidazole rings is 3. The Labute approximate surface area is 424 Å². The number of rotatable bonds is 19. The smallest absolute Gasteiger partial charge is 0.333 e. The molecule has 9 heterocycles. The number of H-pyrrole nitrogens is 2. The molecule has 3 fully saturated rings. The van der Waals surface area contributed by atoms with E-state index in [0.29, 0.717) is 4.57 Å². The largest absolute Gasteiger partial charge is 0.780 e. The van der Waals surface area contributed by atoms with Gasteiger partial charge in [0, 0.05) is 7.11 Å². The molecule has 0 radical (unpaired) electrons. The van der Waals surface area contributed by atoms with Gasteiger partial charge >= 0.3 is 11.6 Å². The molecule has 0 aromatic carbocycles. The molecule has 76 heavy (non-hydrogen) atoms. The number of hydrogen-bond acceptors (Lipinski definition) is 32. The summed E-state index contributed by atoms with van der Waals surface area (Å²) in [6.45, 7) is -8.75. The molecule has 0 aliphatic carbocycles. The number of aliphatic hydroxyl groups excluding tert-OH is 3. The summed E-state index contributed by atoms with van der Waals surface area (Å²) in [6, 6.07) is 0. The average molecular weight is 1180 g/mol. The lowest BCUT2D eigenvalue weighted by Crippen LogP contribution is -2.50. The minimum Gasteiger partial charge on any atom is -0.780 e. The van der Waals surface area contributed by atoms with E-state index < -0.39 is 146 Å². The number of halogens is 2. The van der Waals surface area contributed by atoms with Crippen molar-refractivity contribution in [2.24, 2.45) is 7.05 Å². The zero-order chi connectivity index (χ0) is 55.2. The van der Waals surface area contributed by atoms with Crippen LogP contribution in [0.2, 0.25) is 0 Å². The summed E-state index contributed by atoms with van der Waals surface area (Å²) in [5.41, 5.74) is 14.5. The standard InChI is InChI=1S/C32H41F2N15O22P4S/c1-46-9-49(24-15(46)26(54)45-31(37)43-24)29-32(33,34)20(52)12(68-29)5-64-73(57,58)71-74(59,60)70-72(55,56)63-4-11-18(19(62-2)28(67-11)47-7-40-13-21(35)38-6-39-22(13)47)69-75(61,76)65-3-10-16(50)17(51)27(66-10)48-8-41-14-23(48)42-30(36)44-25(14)53/h6-12,16-20,27-29,50-52H,3-5H2,1-2H3,(H11-,35,36,37,38,39,42,43,44,45,53,54,55,56,57,58,59,60,61,76)/p-3. The van der Waals surface area contributed by atoms with Gasteiger partial charge in [-0.2, -0.15) is 18.3 Å². The van der Waals surface area contributed by atoms with Gasteiger partial charge in [0.1, 0.15) is 61.3 Å². The van der Waals surface area contributed by atoms with Crippen molar-refractivity contribution in [2.75, 3.05) is 44.1 Å². The van der Waals surface area contributed by atoms with Crippen LogP contribution in [0.5, 0.6) is 0 Å². The fourth-order valence-corrected chi connectivity index (χ4v) is 13.1. The first-order valence-electron chi connectivity index (χ1n) is 21.1. The molecule has 15 atom stereocenters. The third kappa shape index (κ3) is 10.8. The average Bonchev–Trinajstić information content (AvgIpc) is 4.16. The molecule has 37 nitrogen and oxygen atoms in total. The Hall–Kier alpha value is -4.83. The third-order valence-electron chi connectivity index (χ3n) is 11.5. The quantitative estimate of drug-likeness (QED) is 0.0277. The van der Waals surface area contributed by atoms with Crippen molar-refractivity contribution in [3.63, 3.8) is 0 Å². The topological polar surface area (TPSA) is 536 Å². The van der Waals surface area contributed by atoms with E-state index in [4.69, 9.17) is 61.5 Å². The summed E-state index contributed by atoms with van der Waals surface area (Å²) in [7, 11) is -17.0. The molecular weight excluding hydrogens is 1140 g/mol. The second kappa shape index (κ2) is 20.4. The maximum Gasteiger partial charge on any atom is 0.333 e. The number of nitrogens with two attached hydrogens (primary N) is 3. The van der Waals surface area contributed by atoms with Gasteiger partial charge in [-0.1, -0.05) is 16.8 Å². The highest BCUT2D eigenvalue weighted by Crippen LogP contribution is 2.63. The van der Waals surface area contributed by atoms with E-state index in [1.54, 1.807) is 0 Å². The first-order valence-corrected chi connectivity index (χ1v) is 28.1. The molecule has 0 saturated carbocycles. The molecule has 44 heteroatoms. The van der Waals surface area contributed by atoms with E-state index >= 15 is 8.78 Å². The molecule has 6 aromatic rings. The van der Waals surface area contributed by atoms with Crippen LogP contribution in [-0.2, 0) is 78.2 Å². The van der Waals surface area contributed by atoms with Gasteiger partial charge < -0.3 is 89.1 Å². The predicted molar refractivity (Wildman–Crippen MR) is 236 cm³/mol. The van der Waals surface area contributed by atoms with Crippen molar-refractivity contribution < 1.29 is 108 Å². The fraction of sp³-hybridized carbons (Fsp3) is 0.531. The molecule has 0 bridgehead atoms. The number of phosphoric acid groups is 3. The van der Waals surface area contributed by atoms with Gasteiger partial charge in [0.15, 0.2) is 47.5 Å². The number of ether oxygens (including phenoxy) is 4. The Bertz CT molecular complexity index is 3540. The summed E-state index contributed by atoms with van der Waals surface area (Å²) < 4.78 is 123. The number of aryl methyl sites for hydroxylation is 1. The van der Waals surface area contributed by atoms with E-state index in [1.165, 1.54) is 11.6 Å². The molecule has 416 valence electrons. The van der Waals surface area contributed by atoms with Gasteiger partial charge in [0.25, 0.3) is 46.8 Å². The van der Waals surface area contributed by atoms with Crippen LogP contribution in [0.1, 0.15) is 18.7 Å². The van der Waals surface area contributed by atoms with Crippen LogP contribution >= 0.6 is 30.2 Å². The van der Waals surface area contributed by atoms with Crippen molar-refractivity contribution in [1.82, 2.24) is 53.6 Å². The Kier molecular flexibility index (Phi) is 15.0. The van der Waals surface area contributed by atoms with E-state index in [9.17, 15) is 58.2 Å². The minimum atomic E-state index is -6.67. The van der Waals surface area contributed by atoms with Gasteiger partial charge in [-0.25, -0.2) is 28.6 Å². The van der Waals surface area contributed by atoms with E-state index in [0.717, 1.165) is 41.6 Å². The number of nitrogens with one attached hydrogen (secondary N) is 2. The van der Waals surface area contributed by atoms with Crippen LogP contribution in [0.25, 0.3) is 33.5 Å².